The summed E-state index contributed by atoms with van der Waals surface area (Å²) >= 11 is 0. The minimum atomic E-state index is -0.925. The lowest BCUT2D eigenvalue weighted by Crippen LogP contribution is -2.44. The van der Waals surface area contributed by atoms with Crippen LogP contribution in [0, 0.1) is 19.8 Å². The highest BCUT2D eigenvalue weighted by Crippen LogP contribution is 2.33. The minimum absolute atomic E-state index is 0.271. The van der Waals surface area contributed by atoms with Crippen molar-refractivity contribution in [3.8, 4) is 11.5 Å². The average Bonchev–Trinajstić information content (AvgIpc) is 2.96. The highest BCUT2D eigenvalue weighted by molar-refractivity contribution is 5.92. The Hall–Kier alpha value is -3.89. The van der Waals surface area contributed by atoms with Crippen molar-refractivity contribution >= 4 is 35.3 Å². The third kappa shape index (κ3) is 8.08. The van der Waals surface area contributed by atoms with E-state index in [0.29, 0.717) is 42.6 Å². The smallest absolute Gasteiger partial charge is 0.226 e. The molecule has 1 aromatic heterocycles. The molecule has 5 rings (SSSR count). The van der Waals surface area contributed by atoms with Gasteiger partial charge in [0.1, 0.15) is 35.4 Å². The van der Waals surface area contributed by atoms with Gasteiger partial charge in [-0.1, -0.05) is 33.8 Å². The summed E-state index contributed by atoms with van der Waals surface area (Å²) in [6, 6.07) is 11.8. The largest absolute Gasteiger partial charge is 0.457 e. The Balaban J connectivity index is 0.00000189. The lowest BCUT2D eigenvalue weighted by molar-refractivity contribution is -0.0202. The summed E-state index contributed by atoms with van der Waals surface area (Å²) in [5, 5.41) is 9.64. The number of fused-ring (bicyclic) bond motifs is 1. The van der Waals surface area contributed by atoms with Crippen LogP contribution in [0.15, 0.2) is 52.7 Å². The molecule has 3 atom stereocenters. The number of piperidine rings is 1. The first kappa shape index (κ1) is 30.1. The van der Waals surface area contributed by atoms with Crippen LogP contribution in [0.4, 0.5) is 27.3 Å². The molecule has 41 heavy (non-hydrogen) atoms. The normalized spacial score (nSPS) is 19.8. The number of nitrogens with zero attached hydrogens (tertiary/aromatic N) is 4. The Morgan fingerprint density at radius 1 is 1.07 bits per heavy atom. The summed E-state index contributed by atoms with van der Waals surface area (Å²) in [6.07, 6.45) is 3.56. The van der Waals surface area contributed by atoms with Crippen LogP contribution in [-0.2, 0) is 4.74 Å². The zero-order chi connectivity index (χ0) is 29.4. The van der Waals surface area contributed by atoms with Crippen LogP contribution in [0.3, 0.4) is 0 Å². The molecule has 2 aliphatic rings. The minimum Gasteiger partial charge on any atom is -0.457 e. The van der Waals surface area contributed by atoms with Crippen LogP contribution in [-0.4, -0.2) is 54.1 Å². The Labute approximate surface area is 241 Å². The maximum absolute atomic E-state index is 13.8. The molecule has 1 fully saturated rings. The molecular weight excluding hydrogens is 521 g/mol. The van der Waals surface area contributed by atoms with E-state index in [1.54, 1.807) is 6.21 Å². The van der Waals surface area contributed by atoms with Gasteiger partial charge in [-0.2, -0.15) is 0 Å². The van der Waals surface area contributed by atoms with Gasteiger partial charge in [-0.3, -0.25) is 4.99 Å². The van der Waals surface area contributed by atoms with Crippen LogP contribution in [0.1, 0.15) is 50.9 Å². The molecule has 218 valence electrons. The molecule has 3 N–H and O–H groups in total. The van der Waals surface area contributed by atoms with Gasteiger partial charge in [-0.15, -0.1) is 0 Å². The van der Waals surface area contributed by atoms with E-state index in [9.17, 15) is 4.39 Å². The number of halogens is 1. The fraction of sp³-hybridized carbons (Fsp3) is 0.419. The second kappa shape index (κ2) is 14.1. The van der Waals surface area contributed by atoms with E-state index in [4.69, 9.17) is 9.47 Å². The maximum Gasteiger partial charge on any atom is 0.226 e. The molecule has 3 heterocycles. The van der Waals surface area contributed by atoms with E-state index in [1.807, 2.05) is 70.3 Å². The fourth-order valence-corrected chi connectivity index (χ4v) is 4.37. The van der Waals surface area contributed by atoms with Crippen molar-refractivity contribution < 1.29 is 13.9 Å². The molecule has 2 aliphatic heterocycles. The average molecular weight is 562 g/mol. The molecule has 1 saturated heterocycles. The van der Waals surface area contributed by atoms with E-state index >= 15 is 0 Å². The monoisotopic (exact) mass is 561 g/mol. The van der Waals surface area contributed by atoms with Crippen LogP contribution in [0.5, 0.6) is 11.5 Å². The first-order valence-electron chi connectivity index (χ1n) is 14.2. The molecule has 0 saturated carbocycles. The van der Waals surface area contributed by atoms with Crippen molar-refractivity contribution in [1.82, 2.24) is 15.3 Å². The molecule has 2 aromatic carbocycles. The summed E-state index contributed by atoms with van der Waals surface area (Å²) in [5.41, 5.74) is 5.10. The molecule has 9 nitrogen and oxygen atoms in total. The quantitative estimate of drug-likeness (QED) is 0.258. The first-order chi connectivity index (χ1) is 19.8. The zero-order valence-corrected chi connectivity index (χ0v) is 24.6. The van der Waals surface area contributed by atoms with Crippen LogP contribution in [0.25, 0.3) is 0 Å². The molecule has 3 aromatic rings. The van der Waals surface area contributed by atoms with E-state index in [1.165, 1.54) is 6.33 Å². The van der Waals surface area contributed by atoms with Gasteiger partial charge in [0.25, 0.3) is 0 Å². The maximum atomic E-state index is 13.8. The molecule has 0 radical (unpaired) electrons. The number of benzene rings is 2. The number of rotatable bonds is 8. The summed E-state index contributed by atoms with van der Waals surface area (Å²) in [7, 11) is 0. The number of ether oxygens (including phenoxy) is 2. The lowest BCUT2D eigenvalue weighted by Gasteiger charge is -2.30. The lowest BCUT2D eigenvalue weighted by atomic mass is 10.1. The zero-order valence-electron chi connectivity index (χ0n) is 24.6. The predicted molar refractivity (Wildman–Crippen MR) is 164 cm³/mol. The van der Waals surface area contributed by atoms with Crippen molar-refractivity contribution in [2.24, 2.45) is 15.9 Å². The number of nitrogens with one attached hydrogen (secondary N) is 3. The van der Waals surface area contributed by atoms with Gasteiger partial charge in [0, 0.05) is 37.5 Å². The molecule has 3 unspecified atom stereocenters. The highest BCUT2D eigenvalue weighted by Gasteiger charge is 2.27. The Morgan fingerprint density at radius 3 is 2.66 bits per heavy atom. The summed E-state index contributed by atoms with van der Waals surface area (Å²) in [6.45, 7) is 13.2. The van der Waals surface area contributed by atoms with Crippen molar-refractivity contribution in [2.75, 3.05) is 23.7 Å². The predicted octanol–water partition coefficient (Wildman–Crippen LogP) is 6.86. The Bertz CT molecular complexity index is 1380. The van der Waals surface area contributed by atoms with E-state index in [0.717, 1.165) is 34.0 Å². The number of aryl methyl sites for hydroxylation is 2. The van der Waals surface area contributed by atoms with Crippen molar-refractivity contribution in [3.63, 3.8) is 0 Å². The van der Waals surface area contributed by atoms with Gasteiger partial charge in [-0.05, 0) is 55.2 Å². The Morgan fingerprint density at radius 2 is 1.90 bits per heavy atom. The van der Waals surface area contributed by atoms with E-state index < -0.39 is 12.5 Å². The van der Waals surface area contributed by atoms with E-state index in [2.05, 4.69) is 49.8 Å². The summed E-state index contributed by atoms with van der Waals surface area (Å²) < 4.78 is 25.9. The number of aliphatic imine (C=N–C) groups is 2. The Kier molecular flexibility index (Phi) is 10.4. The number of aromatic nitrogens is 2. The van der Waals surface area contributed by atoms with Gasteiger partial charge in [-0.25, -0.2) is 19.4 Å². The van der Waals surface area contributed by atoms with Gasteiger partial charge in [0.15, 0.2) is 5.82 Å². The molecule has 10 heteroatoms. The molecular formula is C31H40FN7O2. The summed E-state index contributed by atoms with van der Waals surface area (Å²) in [5.74, 6) is 2.44. The fourth-order valence-electron chi connectivity index (χ4n) is 4.37. The molecule has 0 bridgehead atoms. The molecule has 0 spiro atoms. The first-order valence-corrected chi connectivity index (χ1v) is 14.2. The SMILES string of the molecule is CC.Cc1ccc(Oc2ccc(Nc3ncnc4c3NC(OC3CNCC(F)C3)N=C4)cc2C)cc1N=CC(C)C. The van der Waals surface area contributed by atoms with Crippen molar-refractivity contribution in [3.05, 3.63) is 59.5 Å². The topological polar surface area (TPSA) is 105 Å². The standard InChI is InChI=1S/C29H34FN7O2.C2H6/c1-17(2)12-32-24-11-22(7-5-18(24)3)38-26-8-6-21(9-19(26)4)36-28-27-25(34-16-35-28)15-33-29(37-27)39-23-10-20(30)13-31-14-23;1-2/h5-9,11-12,15-17,20,23,29,31,37H,10,13-14H2,1-4H3,(H,34,35,36);1-2H3. The van der Waals surface area contributed by atoms with Gasteiger partial charge < -0.3 is 25.4 Å². The third-order valence-corrected chi connectivity index (χ3v) is 6.41. The number of anilines is 3. The molecule has 0 amide bonds. The van der Waals surface area contributed by atoms with Crippen LogP contribution < -0.4 is 20.7 Å². The molecule has 0 aliphatic carbocycles. The van der Waals surface area contributed by atoms with E-state index in [-0.39, 0.29) is 6.10 Å². The number of hydrogen-bond acceptors (Lipinski definition) is 9. The number of alkyl halides is 1. The third-order valence-electron chi connectivity index (χ3n) is 6.41. The van der Waals surface area contributed by atoms with Gasteiger partial charge >= 0.3 is 0 Å². The van der Waals surface area contributed by atoms with Crippen molar-refractivity contribution in [2.45, 2.75) is 66.6 Å². The highest BCUT2D eigenvalue weighted by atomic mass is 19.1. The van der Waals surface area contributed by atoms with Crippen molar-refractivity contribution in [1.29, 1.82) is 0 Å². The van der Waals surface area contributed by atoms with Crippen LogP contribution in [0.2, 0.25) is 0 Å². The van der Waals surface area contributed by atoms with Crippen LogP contribution >= 0.6 is 0 Å². The number of hydrogen-bond donors (Lipinski definition) is 3. The second-order valence-electron chi connectivity index (χ2n) is 10.2. The second-order valence-corrected chi connectivity index (χ2v) is 10.2. The van der Waals surface area contributed by atoms with Gasteiger partial charge in [0.05, 0.1) is 18.0 Å². The van der Waals surface area contributed by atoms with Gasteiger partial charge in [0.2, 0.25) is 6.35 Å². The summed E-state index contributed by atoms with van der Waals surface area (Å²) in [4.78, 5) is 17.7.